The van der Waals surface area contributed by atoms with Crippen molar-refractivity contribution in [1.82, 2.24) is 0 Å². The van der Waals surface area contributed by atoms with E-state index in [1.54, 1.807) is 0 Å². The van der Waals surface area contributed by atoms with Crippen LogP contribution in [-0.2, 0) is 0 Å². The molecule has 2 nitrogen and oxygen atoms in total. The maximum atomic E-state index is 6.97. The molecule has 0 aliphatic carbocycles. The molecule has 13 aromatic rings. The van der Waals surface area contributed by atoms with Crippen LogP contribution in [0.25, 0.3) is 108 Å². The first-order chi connectivity index (χ1) is 31.2. The number of fused-ring (bicyclic) bond motifs is 10. The normalized spacial score (nSPS) is 11.8. The summed E-state index contributed by atoms with van der Waals surface area (Å²) in [4.78, 5) is 2.41. The van der Waals surface area contributed by atoms with Crippen molar-refractivity contribution in [2.45, 2.75) is 0 Å². The fraction of sp³-hybridized carbons (Fsp3) is 0. The average molecular weight is 820 g/mol. The Morgan fingerprint density at radius 1 is 0.349 bits per heavy atom. The van der Waals surface area contributed by atoms with Gasteiger partial charge >= 0.3 is 0 Å². The molecule has 0 aliphatic heterocycles. The Labute approximate surface area is 368 Å². The third kappa shape index (κ3) is 5.78. The number of anilines is 3. The average Bonchev–Trinajstić information content (AvgIpc) is 3.94. The SMILES string of the molecule is c1ccc(-c2ccc(-c3cccc4sc5c(-c6cc7c(oc8cccc(N(c9ccc%10ccccc%10c9)c9ccc%10ccccc%10c9)c87)c7ccccc67)cccc5c34)cc2)cc1. The van der Waals surface area contributed by atoms with Crippen LogP contribution in [0.3, 0.4) is 0 Å². The maximum absolute atomic E-state index is 6.97. The summed E-state index contributed by atoms with van der Waals surface area (Å²) in [6, 6.07) is 81.6. The van der Waals surface area contributed by atoms with Crippen LogP contribution >= 0.6 is 11.3 Å². The van der Waals surface area contributed by atoms with Gasteiger partial charge in [0.05, 0.1) is 11.1 Å². The fourth-order valence-electron chi connectivity index (χ4n) is 9.87. The number of furan rings is 1. The summed E-state index contributed by atoms with van der Waals surface area (Å²) in [5.74, 6) is 0. The molecule has 2 heterocycles. The lowest BCUT2D eigenvalue weighted by molar-refractivity contribution is 0.672. The van der Waals surface area contributed by atoms with E-state index in [0.29, 0.717) is 0 Å². The van der Waals surface area contributed by atoms with Gasteiger partial charge in [0.2, 0.25) is 0 Å². The number of hydrogen-bond acceptors (Lipinski definition) is 3. The third-order valence-corrected chi connectivity index (χ3v) is 14.0. The van der Waals surface area contributed by atoms with Crippen molar-refractivity contribution in [3.8, 4) is 33.4 Å². The molecular weight excluding hydrogens is 783 g/mol. The van der Waals surface area contributed by atoms with Crippen LogP contribution in [0, 0.1) is 0 Å². The molecule has 0 saturated carbocycles. The van der Waals surface area contributed by atoms with Crippen LogP contribution in [0.15, 0.2) is 229 Å². The van der Waals surface area contributed by atoms with Crippen LogP contribution in [0.4, 0.5) is 17.1 Å². The lowest BCUT2D eigenvalue weighted by Crippen LogP contribution is -2.10. The molecule has 11 aromatic carbocycles. The first-order valence-corrected chi connectivity index (χ1v) is 22.3. The van der Waals surface area contributed by atoms with Crippen LogP contribution in [0.2, 0.25) is 0 Å². The predicted octanol–water partition coefficient (Wildman–Crippen LogP) is 17.9. The Morgan fingerprint density at radius 3 is 1.68 bits per heavy atom. The summed E-state index contributed by atoms with van der Waals surface area (Å²) in [5, 5.41) is 11.9. The lowest BCUT2D eigenvalue weighted by Gasteiger charge is -2.27. The molecular formula is C60H37NOS. The van der Waals surface area contributed by atoms with E-state index in [0.717, 1.165) is 44.4 Å². The monoisotopic (exact) mass is 819 g/mol. The number of rotatable bonds is 6. The molecule has 0 spiro atoms. The Kier molecular flexibility index (Phi) is 8.12. The topological polar surface area (TPSA) is 16.4 Å². The molecule has 0 radical (unpaired) electrons. The van der Waals surface area contributed by atoms with Gasteiger partial charge in [-0.05, 0) is 103 Å². The molecule has 13 rings (SSSR count). The molecule has 2 aromatic heterocycles. The van der Waals surface area contributed by atoms with Gasteiger partial charge in [-0.3, -0.25) is 0 Å². The highest BCUT2D eigenvalue weighted by molar-refractivity contribution is 7.26. The van der Waals surface area contributed by atoms with Gasteiger partial charge in [0, 0.05) is 47.9 Å². The van der Waals surface area contributed by atoms with Crippen LogP contribution in [0.5, 0.6) is 0 Å². The smallest absolute Gasteiger partial charge is 0.143 e. The van der Waals surface area contributed by atoms with Crippen molar-refractivity contribution < 1.29 is 4.42 Å². The summed E-state index contributed by atoms with van der Waals surface area (Å²) in [6.45, 7) is 0. The number of nitrogens with zero attached hydrogens (tertiary/aromatic N) is 1. The molecule has 0 atom stereocenters. The van der Waals surface area contributed by atoms with Crippen molar-refractivity contribution >= 4 is 103 Å². The van der Waals surface area contributed by atoms with E-state index in [-0.39, 0.29) is 0 Å². The van der Waals surface area contributed by atoms with Crippen molar-refractivity contribution in [1.29, 1.82) is 0 Å². The van der Waals surface area contributed by atoms with Crippen molar-refractivity contribution in [2.24, 2.45) is 0 Å². The zero-order valence-corrected chi connectivity index (χ0v) is 34.9. The molecule has 0 amide bonds. The Morgan fingerprint density at radius 2 is 0.937 bits per heavy atom. The lowest BCUT2D eigenvalue weighted by atomic mass is 9.93. The molecule has 0 aliphatic rings. The fourth-order valence-corrected chi connectivity index (χ4v) is 11.1. The summed E-state index contributed by atoms with van der Waals surface area (Å²) in [7, 11) is 0. The van der Waals surface area contributed by atoms with Crippen LogP contribution in [-0.4, -0.2) is 0 Å². The van der Waals surface area contributed by atoms with E-state index in [1.165, 1.54) is 80.5 Å². The second-order valence-electron chi connectivity index (χ2n) is 16.4. The van der Waals surface area contributed by atoms with Gasteiger partial charge in [-0.1, -0.05) is 176 Å². The molecule has 0 bridgehead atoms. The Hall–Kier alpha value is -7.98. The highest BCUT2D eigenvalue weighted by atomic mass is 32.1. The number of hydrogen-bond donors (Lipinski definition) is 0. The van der Waals surface area contributed by atoms with Crippen molar-refractivity contribution in [3.63, 3.8) is 0 Å². The second kappa shape index (κ2) is 14.3. The molecule has 0 N–H and O–H groups in total. The number of thiophene rings is 1. The van der Waals surface area contributed by atoms with E-state index in [2.05, 4.69) is 229 Å². The van der Waals surface area contributed by atoms with Gasteiger partial charge in [0.15, 0.2) is 0 Å². The quantitative estimate of drug-likeness (QED) is 0.166. The third-order valence-electron chi connectivity index (χ3n) is 12.8. The Bertz CT molecular complexity index is 3840. The van der Waals surface area contributed by atoms with Crippen LogP contribution < -0.4 is 4.90 Å². The van der Waals surface area contributed by atoms with E-state index in [9.17, 15) is 0 Å². The summed E-state index contributed by atoms with van der Waals surface area (Å²) in [5.41, 5.74) is 12.4. The first-order valence-electron chi connectivity index (χ1n) is 21.5. The maximum Gasteiger partial charge on any atom is 0.143 e. The first kappa shape index (κ1) is 35.7. The minimum absolute atomic E-state index is 0.861. The zero-order valence-electron chi connectivity index (χ0n) is 34.1. The summed E-state index contributed by atoms with van der Waals surface area (Å²) >= 11 is 1.88. The van der Waals surface area contributed by atoms with Gasteiger partial charge in [0.25, 0.3) is 0 Å². The van der Waals surface area contributed by atoms with Crippen molar-refractivity contribution in [3.05, 3.63) is 224 Å². The molecule has 294 valence electrons. The molecule has 0 fully saturated rings. The zero-order chi connectivity index (χ0) is 41.4. The second-order valence-corrected chi connectivity index (χ2v) is 17.5. The minimum Gasteiger partial charge on any atom is -0.455 e. The molecule has 3 heteroatoms. The Balaban J connectivity index is 1.04. The van der Waals surface area contributed by atoms with Gasteiger partial charge in [-0.25, -0.2) is 0 Å². The minimum atomic E-state index is 0.861. The van der Waals surface area contributed by atoms with Gasteiger partial charge in [0.1, 0.15) is 11.2 Å². The predicted molar refractivity (Wildman–Crippen MR) is 270 cm³/mol. The van der Waals surface area contributed by atoms with Crippen LogP contribution in [0.1, 0.15) is 0 Å². The van der Waals surface area contributed by atoms with Gasteiger partial charge in [-0.15, -0.1) is 11.3 Å². The highest BCUT2D eigenvalue weighted by Crippen LogP contribution is 2.50. The van der Waals surface area contributed by atoms with E-state index in [1.807, 2.05) is 11.3 Å². The van der Waals surface area contributed by atoms with Gasteiger partial charge in [-0.2, -0.15) is 0 Å². The van der Waals surface area contributed by atoms with E-state index in [4.69, 9.17) is 4.42 Å². The molecule has 63 heavy (non-hydrogen) atoms. The van der Waals surface area contributed by atoms with Crippen molar-refractivity contribution in [2.75, 3.05) is 4.90 Å². The molecule has 0 saturated heterocycles. The number of benzene rings is 11. The van der Waals surface area contributed by atoms with Gasteiger partial charge < -0.3 is 9.32 Å². The van der Waals surface area contributed by atoms with E-state index >= 15 is 0 Å². The summed E-state index contributed by atoms with van der Waals surface area (Å²) in [6.07, 6.45) is 0. The summed E-state index contributed by atoms with van der Waals surface area (Å²) < 4.78 is 9.54. The van der Waals surface area contributed by atoms with E-state index < -0.39 is 0 Å². The highest BCUT2D eigenvalue weighted by Gasteiger charge is 2.23. The largest absolute Gasteiger partial charge is 0.455 e. The standard InChI is InChI=1S/C60H37NOS/c1-2-13-38(14-3-1)41-27-29-42(30-28-41)47-21-11-26-56-57(47)51-23-10-22-50(60(51)63-56)52-37-53-58-54(24-12-25-55(58)62-59(53)49-20-9-8-19-48(49)52)61(45-33-31-39-15-4-6-17-43(39)35-45)46-34-32-40-16-5-7-18-44(40)36-46/h1-37H. The molecule has 0 unspecified atom stereocenters.